The molecule has 1 radical (unpaired) electrons. The van der Waals surface area contributed by atoms with Gasteiger partial charge in [-0.3, -0.25) is 9.69 Å². The van der Waals surface area contributed by atoms with Gasteiger partial charge in [-0.05, 0) is 68.1 Å². The van der Waals surface area contributed by atoms with Crippen molar-refractivity contribution in [3.63, 3.8) is 0 Å². The van der Waals surface area contributed by atoms with Crippen molar-refractivity contribution >= 4 is 5.91 Å². The Balaban J connectivity index is 1.65. The number of likely N-dealkylation sites (tertiary alicyclic amines) is 2. The molecular formula is C25H24F7N2O. The lowest BCUT2D eigenvalue weighted by Gasteiger charge is -2.45. The number of amides is 1. The number of carbonyl (C=O) groups excluding carboxylic acids is 1. The van der Waals surface area contributed by atoms with E-state index >= 15 is 0 Å². The first kappa shape index (κ1) is 25.5. The van der Waals surface area contributed by atoms with Crippen LogP contribution in [0.15, 0.2) is 42.5 Å². The lowest BCUT2D eigenvalue weighted by atomic mass is 9.83. The molecule has 10 heteroatoms. The Hall–Kier alpha value is -2.62. The van der Waals surface area contributed by atoms with Gasteiger partial charge in [-0.2, -0.15) is 26.3 Å². The number of hydrogen-bond acceptors (Lipinski definition) is 2. The van der Waals surface area contributed by atoms with Crippen molar-refractivity contribution in [3.8, 4) is 0 Å². The van der Waals surface area contributed by atoms with Crippen molar-refractivity contribution in [2.24, 2.45) is 0 Å². The average molecular weight is 501 g/mol. The smallest absolute Gasteiger partial charge is 0.338 e. The zero-order valence-electron chi connectivity index (χ0n) is 18.7. The highest BCUT2D eigenvalue weighted by atomic mass is 19.4. The van der Waals surface area contributed by atoms with E-state index in [9.17, 15) is 35.5 Å². The van der Waals surface area contributed by atoms with Crippen molar-refractivity contribution in [1.29, 1.82) is 0 Å². The van der Waals surface area contributed by atoms with Gasteiger partial charge >= 0.3 is 12.4 Å². The molecule has 1 amide bonds. The van der Waals surface area contributed by atoms with Crippen LogP contribution in [-0.2, 0) is 12.4 Å². The van der Waals surface area contributed by atoms with E-state index in [0.29, 0.717) is 18.6 Å². The highest BCUT2D eigenvalue weighted by molar-refractivity contribution is 5.95. The van der Waals surface area contributed by atoms with Gasteiger partial charge in [-0.25, -0.2) is 4.39 Å². The molecule has 2 fully saturated rings. The third-order valence-corrected chi connectivity index (χ3v) is 6.68. The second-order valence-electron chi connectivity index (χ2n) is 8.99. The number of rotatable bonds is 3. The molecule has 2 saturated heterocycles. The summed E-state index contributed by atoms with van der Waals surface area (Å²) in [5.41, 5.74) is -2.94. The summed E-state index contributed by atoms with van der Waals surface area (Å²) < 4.78 is 93.2. The third-order valence-electron chi connectivity index (χ3n) is 6.68. The van der Waals surface area contributed by atoms with Crippen molar-refractivity contribution in [3.05, 3.63) is 77.0 Å². The SMILES string of the molecule is O=C(c1cc(C(F)(F)F)cc(C(F)(F)F)c1)N1CCC(N2C[CH]CCC2)C(c2ccc(F)cc2)C1. The fraction of sp³-hybridized carbons (Fsp3) is 0.440. The van der Waals surface area contributed by atoms with Gasteiger partial charge in [0.25, 0.3) is 5.91 Å². The fourth-order valence-electron chi connectivity index (χ4n) is 4.95. The van der Waals surface area contributed by atoms with Crippen molar-refractivity contribution in [2.75, 3.05) is 26.2 Å². The summed E-state index contributed by atoms with van der Waals surface area (Å²) >= 11 is 0. The quantitative estimate of drug-likeness (QED) is 0.471. The molecule has 189 valence electrons. The summed E-state index contributed by atoms with van der Waals surface area (Å²) in [5, 5.41) is 0. The molecule has 0 spiro atoms. The lowest BCUT2D eigenvalue weighted by Crippen LogP contribution is -2.52. The van der Waals surface area contributed by atoms with E-state index < -0.39 is 40.8 Å². The van der Waals surface area contributed by atoms with Crippen LogP contribution in [0.25, 0.3) is 0 Å². The Bertz CT molecular complexity index is 1010. The van der Waals surface area contributed by atoms with Crippen LogP contribution in [0.3, 0.4) is 0 Å². The van der Waals surface area contributed by atoms with Crippen LogP contribution in [0, 0.1) is 12.2 Å². The first-order valence-corrected chi connectivity index (χ1v) is 11.3. The number of carbonyl (C=O) groups is 1. The molecule has 2 aliphatic heterocycles. The molecule has 2 aromatic carbocycles. The summed E-state index contributed by atoms with van der Waals surface area (Å²) in [6, 6.07) is 6.79. The normalized spacial score (nSPS) is 22.3. The molecule has 0 saturated carbocycles. The molecule has 4 rings (SSSR count). The highest BCUT2D eigenvalue weighted by Gasteiger charge is 2.40. The summed E-state index contributed by atoms with van der Waals surface area (Å²) in [5.74, 6) is -1.59. The second kappa shape index (κ2) is 9.79. The second-order valence-corrected chi connectivity index (χ2v) is 8.99. The maximum Gasteiger partial charge on any atom is 0.416 e. The van der Waals surface area contributed by atoms with E-state index in [2.05, 4.69) is 11.3 Å². The van der Waals surface area contributed by atoms with E-state index in [4.69, 9.17) is 0 Å². The molecule has 2 unspecified atom stereocenters. The van der Waals surface area contributed by atoms with E-state index in [-0.39, 0.29) is 31.1 Å². The summed E-state index contributed by atoms with van der Waals surface area (Å²) in [6.07, 6.45) is -5.46. The Morgan fingerprint density at radius 2 is 1.51 bits per heavy atom. The van der Waals surface area contributed by atoms with E-state index in [1.165, 1.54) is 17.0 Å². The van der Waals surface area contributed by atoms with Crippen LogP contribution in [0.5, 0.6) is 0 Å². The molecule has 2 aliphatic rings. The van der Waals surface area contributed by atoms with Crippen LogP contribution in [-0.4, -0.2) is 47.9 Å². The van der Waals surface area contributed by atoms with Crippen LogP contribution in [0.2, 0.25) is 0 Å². The van der Waals surface area contributed by atoms with E-state index in [0.717, 1.165) is 31.5 Å². The predicted molar refractivity (Wildman–Crippen MR) is 115 cm³/mol. The Kier molecular flexibility index (Phi) is 7.13. The van der Waals surface area contributed by atoms with Crippen molar-refractivity contribution < 1.29 is 35.5 Å². The molecule has 3 nitrogen and oxygen atoms in total. The van der Waals surface area contributed by atoms with Crippen LogP contribution in [0.4, 0.5) is 30.7 Å². The van der Waals surface area contributed by atoms with Crippen molar-refractivity contribution in [1.82, 2.24) is 9.80 Å². The molecule has 0 aliphatic carbocycles. The van der Waals surface area contributed by atoms with E-state index in [1.807, 2.05) is 0 Å². The number of nitrogens with zero attached hydrogens (tertiary/aromatic N) is 2. The molecule has 2 heterocycles. The fourth-order valence-corrected chi connectivity index (χ4v) is 4.95. The van der Waals surface area contributed by atoms with Gasteiger partial charge in [0.15, 0.2) is 0 Å². The van der Waals surface area contributed by atoms with Gasteiger partial charge in [-0.15, -0.1) is 0 Å². The average Bonchev–Trinajstić information content (AvgIpc) is 2.83. The van der Waals surface area contributed by atoms with Crippen molar-refractivity contribution in [2.45, 2.75) is 43.6 Å². The molecule has 35 heavy (non-hydrogen) atoms. The minimum atomic E-state index is -5.04. The van der Waals surface area contributed by atoms with Gasteiger partial charge in [0.05, 0.1) is 11.1 Å². The van der Waals surface area contributed by atoms with Crippen LogP contribution in [0.1, 0.15) is 52.2 Å². The molecule has 0 aromatic heterocycles. The Labute approximate surface area is 198 Å². The summed E-state index contributed by atoms with van der Waals surface area (Å²) in [6.45, 7) is 1.88. The molecular weight excluding hydrogens is 477 g/mol. The predicted octanol–water partition coefficient (Wildman–Crippen LogP) is 6.16. The number of piperidine rings is 2. The van der Waals surface area contributed by atoms with Crippen LogP contribution < -0.4 is 0 Å². The van der Waals surface area contributed by atoms with E-state index in [1.54, 1.807) is 12.1 Å². The maximum atomic E-state index is 13.5. The Morgan fingerprint density at radius 1 is 0.886 bits per heavy atom. The van der Waals surface area contributed by atoms with Gasteiger partial charge in [0, 0.05) is 37.2 Å². The molecule has 2 aromatic rings. The van der Waals surface area contributed by atoms with Crippen LogP contribution >= 0.6 is 0 Å². The zero-order valence-corrected chi connectivity index (χ0v) is 18.7. The topological polar surface area (TPSA) is 23.6 Å². The number of halogens is 7. The first-order chi connectivity index (χ1) is 16.4. The zero-order chi connectivity index (χ0) is 25.4. The standard InChI is InChI=1S/C25H24F7N2O/c26-20-6-4-16(5-7-20)21-15-34(11-8-22(21)33-9-2-1-3-10-33)23(35)17-12-18(24(27,28)29)14-19(13-17)25(30,31)32/h2,4-7,12-14,21-22H,1,3,8-11,15H2. The van der Waals surface area contributed by atoms with Gasteiger partial charge < -0.3 is 4.90 Å². The van der Waals surface area contributed by atoms with Gasteiger partial charge in [0.1, 0.15) is 5.82 Å². The van der Waals surface area contributed by atoms with Gasteiger partial charge in [-0.1, -0.05) is 12.1 Å². The maximum absolute atomic E-state index is 13.5. The molecule has 2 atom stereocenters. The molecule has 0 bridgehead atoms. The minimum absolute atomic E-state index is 0.00769. The largest absolute Gasteiger partial charge is 0.416 e. The Morgan fingerprint density at radius 3 is 2.06 bits per heavy atom. The molecule has 0 N–H and O–H groups in total. The monoisotopic (exact) mass is 501 g/mol. The summed E-state index contributed by atoms with van der Waals surface area (Å²) in [4.78, 5) is 16.8. The minimum Gasteiger partial charge on any atom is -0.338 e. The number of alkyl halides is 6. The number of benzene rings is 2. The summed E-state index contributed by atoms with van der Waals surface area (Å²) in [7, 11) is 0. The lowest BCUT2D eigenvalue weighted by molar-refractivity contribution is -0.143. The third kappa shape index (κ3) is 5.79. The van der Waals surface area contributed by atoms with Gasteiger partial charge in [0.2, 0.25) is 0 Å². The highest BCUT2D eigenvalue weighted by Crippen LogP contribution is 2.38. The number of hydrogen-bond donors (Lipinski definition) is 0. The first-order valence-electron chi connectivity index (χ1n) is 11.3.